The van der Waals surface area contributed by atoms with Crippen LogP contribution in [-0.2, 0) is 0 Å². The molecule has 0 saturated heterocycles. The van der Waals surface area contributed by atoms with Crippen molar-refractivity contribution in [2.45, 2.75) is 39.3 Å². The maximum atomic E-state index is 9.90. The number of nitrogens with one attached hydrogen (secondary N) is 1. The summed E-state index contributed by atoms with van der Waals surface area (Å²) in [4.78, 5) is 1.07. The lowest BCUT2D eigenvalue weighted by Gasteiger charge is -2.22. The van der Waals surface area contributed by atoms with Gasteiger partial charge in [-0.1, -0.05) is 0 Å². The van der Waals surface area contributed by atoms with E-state index in [1.807, 2.05) is 18.4 Å². The van der Waals surface area contributed by atoms with Crippen LogP contribution >= 0.6 is 11.3 Å². The Hall–Kier alpha value is -0.380. The van der Waals surface area contributed by atoms with Gasteiger partial charge in [-0.3, -0.25) is 0 Å². The molecule has 1 unspecified atom stereocenters. The number of aliphatic hydroxyl groups excluding tert-OH is 1. The normalized spacial score (nSPS) is 14.4. The van der Waals surface area contributed by atoms with Gasteiger partial charge in [0, 0.05) is 17.0 Å². The van der Waals surface area contributed by atoms with Crippen molar-refractivity contribution >= 4 is 11.3 Å². The number of aryl methyl sites for hydroxylation is 1. The van der Waals surface area contributed by atoms with Crippen LogP contribution in [0.15, 0.2) is 11.4 Å². The van der Waals surface area contributed by atoms with E-state index in [4.69, 9.17) is 0 Å². The smallest absolute Gasteiger partial charge is 0.101 e. The van der Waals surface area contributed by atoms with Crippen LogP contribution in [0, 0.1) is 6.92 Å². The van der Waals surface area contributed by atoms with Crippen molar-refractivity contribution in [1.29, 1.82) is 0 Å². The highest BCUT2D eigenvalue weighted by molar-refractivity contribution is 7.10. The zero-order valence-corrected chi connectivity index (χ0v) is 10.1. The van der Waals surface area contributed by atoms with E-state index in [9.17, 15) is 5.11 Å². The van der Waals surface area contributed by atoms with Gasteiger partial charge in [0.05, 0.1) is 0 Å². The summed E-state index contributed by atoms with van der Waals surface area (Å²) in [7, 11) is 0. The molecular formula is C11H19NOS. The molecular weight excluding hydrogens is 194 g/mol. The van der Waals surface area contributed by atoms with Crippen LogP contribution in [0.5, 0.6) is 0 Å². The van der Waals surface area contributed by atoms with E-state index in [0.717, 1.165) is 4.88 Å². The predicted octanol–water partition coefficient (Wildman–Crippen LogP) is 2.48. The molecule has 0 amide bonds. The molecule has 1 heterocycles. The van der Waals surface area contributed by atoms with E-state index in [1.165, 1.54) is 5.56 Å². The summed E-state index contributed by atoms with van der Waals surface area (Å²) in [5.41, 5.74) is 1.24. The Labute approximate surface area is 90.0 Å². The van der Waals surface area contributed by atoms with Gasteiger partial charge < -0.3 is 10.4 Å². The first-order chi connectivity index (χ1) is 6.40. The summed E-state index contributed by atoms with van der Waals surface area (Å²) in [6, 6.07) is 2.04. The van der Waals surface area contributed by atoms with Gasteiger partial charge in [-0.15, -0.1) is 11.3 Å². The summed E-state index contributed by atoms with van der Waals surface area (Å²) in [6.45, 7) is 8.94. The highest BCUT2D eigenvalue weighted by atomic mass is 32.1. The van der Waals surface area contributed by atoms with Crippen LogP contribution in [0.25, 0.3) is 0 Å². The van der Waals surface area contributed by atoms with Crippen molar-refractivity contribution in [3.8, 4) is 0 Å². The van der Waals surface area contributed by atoms with Crippen molar-refractivity contribution in [2.24, 2.45) is 0 Å². The van der Waals surface area contributed by atoms with E-state index in [-0.39, 0.29) is 11.6 Å². The van der Waals surface area contributed by atoms with Gasteiger partial charge in [0.1, 0.15) is 6.10 Å². The molecule has 0 aliphatic carbocycles. The molecule has 0 aliphatic rings. The Morgan fingerprint density at radius 3 is 2.57 bits per heavy atom. The van der Waals surface area contributed by atoms with E-state index in [2.05, 4.69) is 26.1 Å². The van der Waals surface area contributed by atoms with E-state index in [1.54, 1.807) is 11.3 Å². The Bertz CT molecular complexity index is 288. The van der Waals surface area contributed by atoms with Gasteiger partial charge in [-0.2, -0.15) is 0 Å². The highest BCUT2D eigenvalue weighted by Crippen LogP contribution is 2.23. The van der Waals surface area contributed by atoms with Crippen molar-refractivity contribution in [2.75, 3.05) is 6.54 Å². The van der Waals surface area contributed by atoms with Crippen LogP contribution < -0.4 is 5.32 Å². The first kappa shape index (κ1) is 11.7. The third kappa shape index (κ3) is 3.40. The predicted molar refractivity (Wildman–Crippen MR) is 61.8 cm³/mol. The first-order valence-corrected chi connectivity index (χ1v) is 5.75. The minimum absolute atomic E-state index is 0.0617. The average molecular weight is 213 g/mol. The lowest BCUT2D eigenvalue weighted by atomic mass is 10.1. The SMILES string of the molecule is Cc1ccsc1C(O)CNC(C)(C)C. The fourth-order valence-electron chi connectivity index (χ4n) is 1.22. The van der Waals surface area contributed by atoms with Crippen molar-refractivity contribution in [1.82, 2.24) is 5.32 Å². The minimum atomic E-state index is -0.380. The minimum Gasteiger partial charge on any atom is -0.386 e. The molecule has 1 atom stereocenters. The van der Waals surface area contributed by atoms with Crippen LogP contribution in [-0.4, -0.2) is 17.2 Å². The van der Waals surface area contributed by atoms with Gasteiger partial charge in [-0.05, 0) is 44.7 Å². The number of hydrogen-bond donors (Lipinski definition) is 2. The van der Waals surface area contributed by atoms with Crippen molar-refractivity contribution in [3.05, 3.63) is 21.9 Å². The van der Waals surface area contributed by atoms with Crippen LogP contribution in [0.2, 0.25) is 0 Å². The molecule has 2 nitrogen and oxygen atoms in total. The molecule has 0 saturated carbocycles. The topological polar surface area (TPSA) is 32.3 Å². The second-order valence-electron chi connectivity index (χ2n) is 4.61. The highest BCUT2D eigenvalue weighted by Gasteiger charge is 2.15. The standard InChI is InChI=1S/C11H19NOS/c1-8-5-6-14-10(8)9(13)7-12-11(2,3)4/h5-6,9,12-13H,7H2,1-4H3. The van der Waals surface area contributed by atoms with E-state index in [0.29, 0.717) is 6.54 Å². The fraction of sp³-hybridized carbons (Fsp3) is 0.636. The lowest BCUT2D eigenvalue weighted by molar-refractivity contribution is 0.166. The molecule has 0 aliphatic heterocycles. The largest absolute Gasteiger partial charge is 0.386 e. The molecule has 1 aromatic rings. The Morgan fingerprint density at radius 1 is 1.50 bits per heavy atom. The third-order valence-corrected chi connectivity index (χ3v) is 3.15. The molecule has 0 spiro atoms. The van der Waals surface area contributed by atoms with Gasteiger partial charge in [-0.25, -0.2) is 0 Å². The van der Waals surface area contributed by atoms with Crippen LogP contribution in [0.1, 0.15) is 37.3 Å². The first-order valence-electron chi connectivity index (χ1n) is 4.87. The average Bonchev–Trinajstić information content (AvgIpc) is 2.46. The zero-order chi connectivity index (χ0) is 10.8. The fourth-order valence-corrected chi connectivity index (χ4v) is 2.13. The summed E-state index contributed by atoms with van der Waals surface area (Å²) in [5, 5.41) is 15.2. The monoisotopic (exact) mass is 213 g/mol. The van der Waals surface area contributed by atoms with E-state index < -0.39 is 0 Å². The molecule has 3 heteroatoms. The van der Waals surface area contributed by atoms with Crippen LogP contribution in [0.4, 0.5) is 0 Å². The number of hydrogen-bond acceptors (Lipinski definition) is 3. The number of aliphatic hydroxyl groups is 1. The van der Waals surface area contributed by atoms with Crippen molar-refractivity contribution in [3.63, 3.8) is 0 Å². The van der Waals surface area contributed by atoms with Gasteiger partial charge in [0.25, 0.3) is 0 Å². The summed E-state index contributed by atoms with van der Waals surface area (Å²) in [5.74, 6) is 0. The number of rotatable bonds is 3. The maximum Gasteiger partial charge on any atom is 0.101 e. The molecule has 0 aromatic carbocycles. The molecule has 0 bridgehead atoms. The molecule has 14 heavy (non-hydrogen) atoms. The molecule has 80 valence electrons. The molecule has 1 rings (SSSR count). The quantitative estimate of drug-likeness (QED) is 0.808. The summed E-state index contributed by atoms with van der Waals surface area (Å²) < 4.78 is 0. The second kappa shape index (κ2) is 4.43. The molecule has 0 radical (unpaired) electrons. The van der Waals surface area contributed by atoms with E-state index >= 15 is 0 Å². The van der Waals surface area contributed by atoms with Gasteiger partial charge in [0.15, 0.2) is 0 Å². The van der Waals surface area contributed by atoms with Gasteiger partial charge in [0.2, 0.25) is 0 Å². The Kier molecular flexibility index (Phi) is 3.70. The summed E-state index contributed by atoms with van der Waals surface area (Å²) >= 11 is 1.62. The maximum absolute atomic E-state index is 9.90. The molecule has 0 fully saturated rings. The summed E-state index contributed by atoms with van der Waals surface area (Å²) in [6.07, 6.45) is -0.380. The lowest BCUT2D eigenvalue weighted by Crippen LogP contribution is -2.38. The van der Waals surface area contributed by atoms with Crippen molar-refractivity contribution < 1.29 is 5.11 Å². The second-order valence-corrected chi connectivity index (χ2v) is 5.56. The van der Waals surface area contributed by atoms with Gasteiger partial charge >= 0.3 is 0 Å². The number of β-amino-alcohol motifs (C(OH)–C–C–N with tert-alkyl or cyclic N) is 1. The Morgan fingerprint density at radius 2 is 2.14 bits per heavy atom. The van der Waals surface area contributed by atoms with Crippen LogP contribution in [0.3, 0.4) is 0 Å². The Balaban J connectivity index is 2.51. The zero-order valence-electron chi connectivity index (χ0n) is 9.29. The number of thiophene rings is 1. The molecule has 2 N–H and O–H groups in total. The third-order valence-electron chi connectivity index (χ3n) is 2.03. The molecule has 1 aromatic heterocycles.